The molecule has 0 spiro atoms. The van der Waals surface area contributed by atoms with Crippen molar-refractivity contribution in [3.05, 3.63) is 11.8 Å². The van der Waals surface area contributed by atoms with Crippen molar-refractivity contribution in [3.8, 4) is 0 Å². The lowest BCUT2D eigenvalue weighted by Crippen LogP contribution is -2.10. The molecule has 0 amide bonds. The van der Waals surface area contributed by atoms with Crippen molar-refractivity contribution in [2.24, 2.45) is 10.1 Å². The summed E-state index contributed by atoms with van der Waals surface area (Å²) >= 11 is 0. The van der Waals surface area contributed by atoms with Gasteiger partial charge in [-0.3, -0.25) is 0 Å². The summed E-state index contributed by atoms with van der Waals surface area (Å²) in [5.74, 6) is 0.954. The van der Waals surface area contributed by atoms with Crippen molar-refractivity contribution in [1.29, 1.82) is 0 Å². The summed E-state index contributed by atoms with van der Waals surface area (Å²) in [6, 6.07) is 0. The molecule has 1 rings (SSSR count). The minimum atomic E-state index is 0.954. The van der Waals surface area contributed by atoms with Gasteiger partial charge in [-0.05, 0) is 6.92 Å². The molecule has 0 N–H and O–H groups in total. The fraction of sp³-hybridized carbons (Fsp3) is 0.500. The highest BCUT2D eigenvalue weighted by Crippen LogP contribution is 2.05. The molecule has 0 saturated carbocycles. The monoisotopic (exact) mass is 124 g/mol. The summed E-state index contributed by atoms with van der Waals surface area (Å²) in [6.45, 7) is 2.00. The molecule has 3 nitrogen and oxygen atoms in total. The smallest absolute Gasteiger partial charge is 0.134 e. The topological polar surface area (TPSA) is 27.7 Å². The zero-order valence-corrected chi connectivity index (χ0v) is 5.92. The molecule has 0 bridgehead atoms. The Morgan fingerprint density at radius 2 is 2.33 bits per heavy atom. The second kappa shape index (κ2) is 2.09. The quantitative estimate of drug-likeness (QED) is 0.431. The Balaban J connectivity index is 2.96. The molecular formula is C6H10N3+. The number of amidine groups is 1. The van der Waals surface area contributed by atoms with E-state index in [9.17, 15) is 0 Å². The first kappa shape index (κ1) is 6.13. The van der Waals surface area contributed by atoms with Crippen molar-refractivity contribution in [3.63, 3.8) is 0 Å². The van der Waals surface area contributed by atoms with Crippen molar-refractivity contribution < 1.29 is 4.70 Å². The molecule has 0 aromatic rings. The van der Waals surface area contributed by atoms with Gasteiger partial charge in [-0.25, -0.2) is 0 Å². The van der Waals surface area contributed by atoms with E-state index in [1.165, 1.54) is 0 Å². The second-order valence-corrected chi connectivity index (χ2v) is 2.00. The van der Waals surface area contributed by atoms with Gasteiger partial charge < -0.3 is 0 Å². The van der Waals surface area contributed by atoms with E-state index in [-0.39, 0.29) is 0 Å². The molecule has 1 aliphatic rings. The average molecular weight is 124 g/mol. The normalized spacial score (nSPS) is 22.3. The number of aliphatic imine (C=N–C) groups is 1. The van der Waals surface area contributed by atoms with E-state index in [1.54, 1.807) is 11.7 Å². The summed E-state index contributed by atoms with van der Waals surface area (Å²) < 4.78 is 1.76. The molecule has 0 saturated heterocycles. The molecular weight excluding hydrogens is 114 g/mol. The SMILES string of the molecule is CN=C1C(C)=CN=[N+]1C. The number of hydrogen-bond donors (Lipinski definition) is 0. The van der Waals surface area contributed by atoms with Crippen LogP contribution in [-0.4, -0.2) is 24.6 Å². The van der Waals surface area contributed by atoms with Gasteiger partial charge in [-0.2, -0.15) is 0 Å². The zero-order valence-electron chi connectivity index (χ0n) is 5.92. The van der Waals surface area contributed by atoms with Gasteiger partial charge in [0.1, 0.15) is 14.1 Å². The summed E-state index contributed by atoms with van der Waals surface area (Å²) in [7, 11) is 3.65. The van der Waals surface area contributed by atoms with Crippen LogP contribution in [-0.2, 0) is 0 Å². The van der Waals surface area contributed by atoms with Gasteiger partial charge in [0.15, 0.2) is 0 Å². The molecule has 0 atom stereocenters. The van der Waals surface area contributed by atoms with E-state index in [4.69, 9.17) is 0 Å². The highest BCUT2D eigenvalue weighted by molar-refractivity contribution is 5.91. The molecule has 3 heteroatoms. The third-order valence-corrected chi connectivity index (χ3v) is 1.30. The van der Waals surface area contributed by atoms with Gasteiger partial charge in [0, 0.05) is 0 Å². The first-order valence-corrected chi connectivity index (χ1v) is 2.84. The number of nitrogens with zero attached hydrogens (tertiary/aromatic N) is 3. The first-order valence-electron chi connectivity index (χ1n) is 2.84. The molecule has 48 valence electrons. The molecule has 1 aliphatic heterocycles. The van der Waals surface area contributed by atoms with E-state index in [0.29, 0.717) is 0 Å². The van der Waals surface area contributed by atoms with Crippen LogP contribution < -0.4 is 0 Å². The maximum atomic E-state index is 4.03. The van der Waals surface area contributed by atoms with Crippen LogP contribution in [0.3, 0.4) is 0 Å². The minimum Gasteiger partial charge on any atom is -0.134 e. The Hall–Kier alpha value is -0.990. The lowest BCUT2D eigenvalue weighted by molar-refractivity contribution is -0.440. The Kier molecular flexibility index (Phi) is 1.42. The number of hydrogen-bond acceptors (Lipinski definition) is 2. The van der Waals surface area contributed by atoms with Gasteiger partial charge >= 0.3 is 5.84 Å². The summed E-state index contributed by atoms with van der Waals surface area (Å²) in [6.07, 6.45) is 1.81. The standard InChI is InChI=1S/C6H10N3/c1-5-4-8-9(3)6(5)7-2/h4H,1-3H3/q+1. The van der Waals surface area contributed by atoms with Crippen LogP contribution in [0.25, 0.3) is 0 Å². The van der Waals surface area contributed by atoms with E-state index >= 15 is 0 Å². The van der Waals surface area contributed by atoms with Crippen LogP contribution in [0.1, 0.15) is 6.92 Å². The number of rotatable bonds is 0. The summed E-state index contributed by atoms with van der Waals surface area (Å²) in [4.78, 5) is 4.03. The van der Waals surface area contributed by atoms with Crippen molar-refractivity contribution >= 4 is 5.84 Å². The van der Waals surface area contributed by atoms with Crippen LogP contribution in [0.4, 0.5) is 0 Å². The average Bonchev–Trinajstić information content (AvgIpc) is 2.12. The lowest BCUT2D eigenvalue weighted by atomic mass is 10.3. The van der Waals surface area contributed by atoms with Gasteiger partial charge in [-0.1, -0.05) is 10.1 Å². The maximum absolute atomic E-state index is 4.03. The highest BCUT2D eigenvalue weighted by atomic mass is 15.3. The van der Waals surface area contributed by atoms with E-state index in [2.05, 4.69) is 10.1 Å². The minimum absolute atomic E-state index is 0.954. The molecule has 0 radical (unpaired) electrons. The molecule has 0 aromatic carbocycles. The van der Waals surface area contributed by atoms with Crippen molar-refractivity contribution in [2.75, 3.05) is 14.1 Å². The third-order valence-electron chi connectivity index (χ3n) is 1.30. The Bertz CT molecular complexity index is 190. The van der Waals surface area contributed by atoms with E-state index < -0.39 is 0 Å². The number of likely N-dealkylation sites (N-methyl/N-ethyl adjacent to an activating group) is 1. The molecule has 0 fully saturated rings. The molecule has 0 aliphatic carbocycles. The van der Waals surface area contributed by atoms with Gasteiger partial charge in [0.05, 0.1) is 11.8 Å². The van der Waals surface area contributed by atoms with Crippen LogP contribution >= 0.6 is 0 Å². The fourth-order valence-corrected chi connectivity index (χ4v) is 0.862. The Morgan fingerprint density at radius 3 is 2.56 bits per heavy atom. The number of azo groups is 2. The fourth-order valence-electron chi connectivity index (χ4n) is 0.862. The predicted octanol–water partition coefficient (Wildman–Crippen LogP) is 1.03. The Morgan fingerprint density at radius 1 is 1.67 bits per heavy atom. The van der Waals surface area contributed by atoms with Crippen LogP contribution in [0.5, 0.6) is 0 Å². The highest BCUT2D eigenvalue weighted by Gasteiger charge is 2.17. The summed E-state index contributed by atoms with van der Waals surface area (Å²) in [5.41, 5.74) is 1.12. The van der Waals surface area contributed by atoms with Gasteiger partial charge in [0.25, 0.3) is 0 Å². The van der Waals surface area contributed by atoms with Crippen LogP contribution in [0, 0.1) is 0 Å². The maximum Gasteiger partial charge on any atom is 0.341 e. The Labute approximate surface area is 54.4 Å². The van der Waals surface area contributed by atoms with Crippen LogP contribution in [0.15, 0.2) is 21.9 Å². The van der Waals surface area contributed by atoms with Gasteiger partial charge in [-0.15, -0.1) is 4.70 Å². The van der Waals surface area contributed by atoms with Crippen molar-refractivity contribution in [1.82, 2.24) is 0 Å². The second-order valence-electron chi connectivity index (χ2n) is 2.00. The van der Waals surface area contributed by atoms with E-state index in [0.717, 1.165) is 11.4 Å². The van der Waals surface area contributed by atoms with E-state index in [1.807, 2.05) is 20.2 Å². The predicted molar refractivity (Wildman–Crippen MR) is 35.7 cm³/mol. The summed E-state index contributed by atoms with van der Waals surface area (Å²) in [5, 5.41) is 4.01. The largest absolute Gasteiger partial charge is 0.341 e. The lowest BCUT2D eigenvalue weighted by Gasteiger charge is -1.86. The van der Waals surface area contributed by atoms with Crippen molar-refractivity contribution in [2.45, 2.75) is 6.92 Å². The molecule has 0 aromatic heterocycles. The molecule has 0 unspecified atom stereocenters. The first-order chi connectivity index (χ1) is 4.25. The third kappa shape index (κ3) is 0.896. The van der Waals surface area contributed by atoms with Gasteiger partial charge in [0.2, 0.25) is 0 Å². The zero-order chi connectivity index (χ0) is 6.85. The molecule has 1 heterocycles. The molecule has 9 heavy (non-hydrogen) atoms. The van der Waals surface area contributed by atoms with Crippen LogP contribution in [0.2, 0.25) is 0 Å².